The summed E-state index contributed by atoms with van der Waals surface area (Å²) >= 11 is 0. The van der Waals surface area contributed by atoms with E-state index in [0.29, 0.717) is 18.8 Å². The SMILES string of the molecule is COc1ccc(OC(C)C(=O)N2CCCC(N(C)CC(=O)O)CC2)cc1. The number of amides is 1. The molecule has 2 rings (SSSR count). The Labute approximate surface area is 154 Å². The fraction of sp³-hybridized carbons (Fsp3) is 0.579. The minimum absolute atomic E-state index is 0.0234. The second kappa shape index (κ2) is 9.43. The van der Waals surface area contributed by atoms with Crippen LogP contribution >= 0.6 is 0 Å². The van der Waals surface area contributed by atoms with Crippen molar-refractivity contribution in [3.8, 4) is 11.5 Å². The number of likely N-dealkylation sites (N-methyl/N-ethyl adjacent to an activating group) is 1. The zero-order chi connectivity index (χ0) is 19.1. The van der Waals surface area contributed by atoms with Gasteiger partial charge in [-0.15, -0.1) is 0 Å². The van der Waals surface area contributed by atoms with Crippen LogP contribution in [0.4, 0.5) is 0 Å². The molecule has 1 aromatic rings. The number of methoxy groups -OCH3 is 1. The van der Waals surface area contributed by atoms with Crippen molar-refractivity contribution >= 4 is 11.9 Å². The van der Waals surface area contributed by atoms with Gasteiger partial charge in [0.25, 0.3) is 5.91 Å². The molecule has 0 bridgehead atoms. The molecule has 1 saturated heterocycles. The standard InChI is InChI=1S/C19H28N2O5/c1-14(26-17-8-6-16(25-3)7-9-17)19(24)21-11-4-5-15(10-12-21)20(2)13-18(22)23/h6-9,14-15H,4-5,10-13H2,1-3H3,(H,22,23). The fourth-order valence-electron chi connectivity index (χ4n) is 3.25. The van der Waals surface area contributed by atoms with E-state index >= 15 is 0 Å². The molecule has 1 aromatic carbocycles. The van der Waals surface area contributed by atoms with Crippen LogP contribution in [0.1, 0.15) is 26.2 Å². The first-order valence-corrected chi connectivity index (χ1v) is 8.92. The van der Waals surface area contributed by atoms with Crippen molar-refractivity contribution in [2.75, 3.05) is 33.8 Å². The van der Waals surface area contributed by atoms with Crippen LogP contribution in [0.15, 0.2) is 24.3 Å². The normalized spacial score (nSPS) is 18.9. The summed E-state index contributed by atoms with van der Waals surface area (Å²) < 4.78 is 10.9. The molecule has 2 atom stereocenters. The van der Waals surface area contributed by atoms with Gasteiger partial charge in [-0.3, -0.25) is 14.5 Å². The maximum Gasteiger partial charge on any atom is 0.317 e. The Bertz CT molecular complexity index is 604. The molecule has 7 heteroatoms. The average molecular weight is 364 g/mol. The minimum atomic E-state index is -0.828. The molecule has 1 heterocycles. The average Bonchev–Trinajstić information content (AvgIpc) is 2.87. The Balaban J connectivity index is 1.88. The zero-order valence-corrected chi connectivity index (χ0v) is 15.7. The second-order valence-corrected chi connectivity index (χ2v) is 6.65. The van der Waals surface area contributed by atoms with Crippen molar-refractivity contribution in [3.05, 3.63) is 24.3 Å². The van der Waals surface area contributed by atoms with Crippen LogP contribution in [0.2, 0.25) is 0 Å². The molecule has 144 valence electrons. The lowest BCUT2D eigenvalue weighted by molar-refractivity contribution is -0.139. The molecule has 2 unspecified atom stereocenters. The molecule has 7 nitrogen and oxygen atoms in total. The number of hydrogen-bond acceptors (Lipinski definition) is 5. The predicted molar refractivity (Wildman–Crippen MR) is 97.6 cm³/mol. The molecule has 1 aliphatic rings. The van der Waals surface area contributed by atoms with E-state index in [9.17, 15) is 9.59 Å². The lowest BCUT2D eigenvalue weighted by Gasteiger charge is -2.26. The Morgan fingerprint density at radius 3 is 2.50 bits per heavy atom. The monoisotopic (exact) mass is 364 g/mol. The summed E-state index contributed by atoms with van der Waals surface area (Å²) in [6.45, 7) is 3.07. The summed E-state index contributed by atoms with van der Waals surface area (Å²) in [7, 11) is 3.42. The minimum Gasteiger partial charge on any atom is -0.497 e. The summed E-state index contributed by atoms with van der Waals surface area (Å²) in [4.78, 5) is 27.3. The number of carboxylic acids is 1. The van der Waals surface area contributed by atoms with Crippen molar-refractivity contribution in [2.24, 2.45) is 0 Å². The van der Waals surface area contributed by atoms with Gasteiger partial charge in [-0.05, 0) is 57.5 Å². The Kier molecular flexibility index (Phi) is 7.26. The van der Waals surface area contributed by atoms with Crippen LogP contribution in [0.25, 0.3) is 0 Å². The van der Waals surface area contributed by atoms with Gasteiger partial charge < -0.3 is 19.5 Å². The van der Waals surface area contributed by atoms with Gasteiger partial charge in [-0.1, -0.05) is 0 Å². The van der Waals surface area contributed by atoms with Gasteiger partial charge in [0, 0.05) is 19.1 Å². The van der Waals surface area contributed by atoms with Crippen molar-refractivity contribution in [2.45, 2.75) is 38.3 Å². The number of hydrogen-bond donors (Lipinski definition) is 1. The van der Waals surface area contributed by atoms with Crippen molar-refractivity contribution in [1.82, 2.24) is 9.80 Å². The van der Waals surface area contributed by atoms with E-state index in [1.165, 1.54) is 0 Å². The molecule has 0 radical (unpaired) electrons. The highest BCUT2D eigenvalue weighted by Crippen LogP contribution is 2.20. The topological polar surface area (TPSA) is 79.3 Å². The van der Waals surface area contributed by atoms with E-state index in [2.05, 4.69) is 0 Å². The highest BCUT2D eigenvalue weighted by atomic mass is 16.5. The Morgan fingerprint density at radius 2 is 1.88 bits per heavy atom. The van der Waals surface area contributed by atoms with Crippen LogP contribution < -0.4 is 9.47 Å². The maximum atomic E-state index is 12.7. The molecular weight excluding hydrogens is 336 g/mol. The third-order valence-corrected chi connectivity index (χ3v) is 4.74. The van der Waals surface area contributed by atoms with Crippen LogP contribution in [-0.4, -0.2) is 72.7 Å². The number of ether oxygens (including phenoxy) is 2. The van der Waals surface area contributed by atoms with Crippen molar-refractivity contribution < 1.29 is 24.2 Å². The fourth-order valence-corrected chi connectivity index (χ4v) is 3.25. The molecule has 1 fully saturated rings. The number of carbonyl (C=O) groups is 2. The molecule has 1 N–H and O–H groups in total. The predicted octanol–water partition coefficient (Wildman–Crippen LogP) is 1.86. The third kappa shape index (κ3) is 5.62. The van der Waals surface area contributed by atoms with Crippen LogP contribution in [-0.2, 0) is 9.59 Å². The van der Waals surface area contributed by atoms with Gasteiger partial charge in [0.1, 0.15) is 11.5 Å². The lowest BCUT2D eigenvalue weighted by atomic mass is 10.1. The number of likely N-dealkylation sites (tertiary alicyclic amines) is 1. The molecule has 1 aliphatic heterocycles. The molecule has 1 amide bonds. The summed E-state index contributed by atoms with van der Waals surface area (Å²) in [6.07, 6.45) is 1.94. The summed E-state index contributed by atoms with van der Waals surface area (Å²) in [5, 5.41) is 8.94. The van der Waals surface area contributed by atoms with E-state index < -0.39 is 12.1 Å². The molecule has 26 heavy (non-hydrogen) atoms. The summed E-state index contributed by atoms with van der Waals surface area (Å²) in [6, 6.07) is 7.33. The third-order valence-electron chi connectivity index (χ3n) is 4.74. The smallest absolute Gasteiger partial charge is 0.317 e. The molecular formula is C19H28N2O5. The molecule has 0 spiro atoms. The second-order valence-electron chi connectivity index (χ2n) is 6.65. The van der Waals surface area contributed by atoms with Gasteiger partial charge in [-0.25, -0.2) is 0 Å². The number of benzene rings is 1. The van der Waals surface area contributed by atoms with E-state index in [-0.39, 0.29) is 18.5 Å². The quantitative estimate of drug-likeness (QED) is 0.796. The largest absolute Gasteiger partial charge is 0.497 e. The van der Waals surface area contributed by atoms with Crippen LogP contribution in [0.3, 0.4) is 0 Å². The number of carboxylic acid groups (broad SMARTS) is 1. The Morgan fingerprint density at radius 1 is 1.23 bits per heavy atom. The summed E-state index contributed by atoms with van der Waals surface area (Å²) in [5.74, 6) is 0.495. The van der Waals surface area contributed by atoms with Crippen LogP contribution in [0.5, 0.6) is 11.5 Å². The molecule has 0 aliphatic carbocycles. The maximum absolute atomic E-state index is 12.7. The van der Waals surface area contributed by atoms with E-state index in [1.54, 1.807) is 38.3 Å². The highest BCUT2D eigenvalue weighted by molar-refractivity contribution is 5.81. The molecule has 0 aromatic heterocycles. The van der Waals surface area contributed by atoms with Crippen molar-refractivity contribution in [3.63, 3.8) is 0 Å². The van der Waals surface area contributed by atoms with Crippen molar-refractivity contribution in [1.29, 1.82) is 0 Å². The van der Waals surface area contributed by atoms with Gasteiger partial charge in [0.2, 0.25) is 0 Å². The number of aliphatic carboxylic acids is 1. The Hall–Kier alpha value is -2.28. The van der Waals surface area contributed by atoms with E-state index in [4.69, 9.17) is 14.6 Å². The summed E-state index contributed by atoms with van der Waals surface area (Å²) in [5.41, 5.74) is 0. The van der Waals surface area contributed by atoms with E-state index in [0.717, 1.165) is 25.0 Å². The zero-order valence-electron chi connectivity index (χ0n) is 15.7. The number of nitrogens with zero attached hydrogens (tertiary/aromatic N) is 2. The van der Waals surface area contributed by atoms with Gasteiger partial charge >= 0.3 is 5.97 Å². The lowest BCUT2D eigenvalue weighted by Crippen LogP contribution is -2.42. The van der Waals surface area contributed by atoms with Gasteiger partial charge in [0.05, 0.1) is 13.7 Å². The number of carbonyl (C=O) groups excluding carboxylic acids is 1. The van der Waals surface area contributed by atoms with Gasteiger partial charge in [-0.2, -0.15) is 0 Å². The van der Waals surface area contributed by atoms with Crippen LogP contribution in [0, 0.1) is 0 Å². The first-order valence-electron chi connectivity index (χ1n) is 8.92. The first-order chi connectivity index (χ1) is 12.4. The molecule has 0 saturated carbocycles. The van der Waals surface area contributed by atoms with E-state index in [1.807, 2.05) is 16.8 Å². The van der Waals surface area contributed by atoms with Gasteiger partial charge in [0.15, 0.2) is 6.10 Å². The first kappa shape index (κ1) is 20.0. The number of rotatable bonds is 7. The highest BCUT2D eigenvalue weighted by Gasteiger charge is 2.27.